The van der Waals surface area contributed by atoms with Crippen LogP contribution in [0.15, 0.2) is 170 Å². The lowest BCUT2D eigenvalue weighted by Crippen LogP contribution is -1.99. The lowest BCUT2D eigenvalue weighted by atomic mass is 9.81. The standard InChI is InChI=1S/C42H28/c1-4-13-29(14-5-1)39(30-15-6-2-7-16-30)41(31-17-8-3-9-18-31)37-22-11-10-21-35(37)36-27-25-34-24-23-32-19-12-20-33-26-28-38(36)42(34)40(32)33/h1-28H. The predicted octanol–water partition coefficient (Wildman–Crippen LogP) is 11.3. The van der Waals surface area contributed by atoms with Crippen molar-refractivity contribution in [1.29, 1.82) is 0 Å². The summed E-state index contributed by atoms with van der Waals surface area (Å²) in [5.41, 5.74) is 9.78. The summed E-state index contributed by atoms with van der Waals surface area (Å²) in [5, 5.41) is 7.84. The molecule has 0 heteroatoms. The fourth-order valence-corrected chi connectivity index (χ4v) is 6.61. The van der Waals surface area contributed by atoms with E-state index >= 15 is 0 Å². The largest absolute Gasteiger partial charge is 0.0622 e. The van der Waals surface area contributed by atoms with E-state index in [1.165, 1.54) is 76.8 Å². The highest BCUT2D eigenvalue weighted by atomic mass is 14.2. The smallest absolute Gasteiger partial charge is 0.00206 e. The fourth-order valence-electron chi connectivity index (χ4n) is 6.61. The van der Waals surface area contributed by atoms with E-state index in [9.17, 15) is 0 Å². The molecule has 8 aromatic carbocycles. The van der Waals surface area contributed by atoms with E-state index in [1.807, 2.05) is 0 Å². The molecule has 0 aliphatic carbocycles. The Morgan fingerprint density at radius 3 is 1.38 bits per heavy atom. The van der Waals surface area contributed by atoms with Gasteiger partial charge in [-0.1, -0.05) is 170 Å². The van der Waals surface area contributed by atoms with Crippen LogP contribution in [0.4, 0.5) is 0 Å². The molecule has 8 rings (SSSR count). The summed E-state index contributed by atoms with van der Waals surface area (Å²) in [6.45, 7) is 0. The second-order valence-corrected chi connectivity index (χ2v) is 10.9. The number of benzene rings is 8. The third-order valence-electron chi connectivity index (χ3n) is 8.45. The lowest BCUT2D eigenvalue weighted by molar-refractivity contribution is 1.50. The first-order valence-electron chi connectivity index (χ1n) is 14.5. The summed E-state index contributed by atoms with van der Waals surface area (Å²) < 4.78 is 0. The van der Waals surface area contributed by atoms with Crippen molar-refractivity contribution in [2.75, 3.05) is 0 Å². The van der Waals surface area contributed by atoms with Crippen LogP contribution < -0.4 is 0 Å². The van der Waals surface area contributed by atoms with E-state index in [2.05, 4.69) is 170 Å². The first-order chi connectivity index (χ1) is 20.9. The Balaban J connectivity index is 1.49. The maximum atomic E-state index is 2.32. The molecular weight excluding hydrogens is 504 g/mol. The van der Waals surface area contributed by atoms with Crippen LogP contribution in [0.5, 0.6) is 0 Å². The van der Waals surface area contributed by atoms with Crippen molar-refractivity contribution in [2.45, 2.75) is 0 Å². The minimum atomic E-state index is 1.20. The third kappa shape index (κ3) is 4.00. The van der Waals surface area contributed by atoms with E-state index in [0.29, 0.717) is 0 Å². The molecular formula is C42H28. The van der Waals surface area contributed by atoms with Crippen LogP contribution in [0.25, 0.3) is 54.6 Å². The van der Waals surface area contributed by atoms with Crippen molar-refractivity contribution in [3.05, 3.63) is 192 Å². The minimum Gasteiger partial charge on any atom is -0.0622 e. The maximum absolute atomic E-state index is 2.32. The molecule has 8 aromatic rings. The summed E-state index contributed by atoms with van der Waals surface area (Å²) in [4.78, 5) is 0. The van der Waals surface area contributed by atoms with E-state index in [-0.39, 0.29) is 0 Å². The molecule has 0 nitrogen and oxygen atoms in total. The summed E-state index contributed by atoms with van der Waals surface area (Å²) in [6.07, 6.45) is 0. The molecule has 0 atom stereocenters. The zero-order valence-corrected chi connectivity index (χ0v) is 23.2. The second-order valence-electron chi connectivity index (χ2n) is 10.9. The average Bonchev–Trinajstić information content (AvgIpc) is 3.07. The molecule has 0 aliphatic heterocycles. The Labute approximate surface area is 246 Å². The zero-order chi connectivity index (χ0) is 27.9. The molecule has 0 spiro atoms. The van der Waals surface area contributed by atoms with Crippen LogP contribution in [-0.2, 0) is 0 Å². The lowest BCUT2D eigenvalue weighted by Gasteiger charge is -2.21. The monoisotopic (exact) mass is 532 g/mol. The van der Waals surface area contributed by atoms with Gasteiger partial charge in [-0.15, -0.1) is 0 Å². The fraction of sp³-hybridized carbons (Fsp3) is 0. The van der Waals surface area contributed by atoms with Crippen molar-refractivity contribution in [1.82, 2.24) is 0 Å². The summed E-state index contributed by atoms with van der Waals surface area (Å²) in [7, 11) is 0. The topological polar surface area (TPSA) is 0 Å². The highest BCUT2D eigenvalue weighted by Crippen LogP contribution is 2.44. The van der Waals surface area contributed by atoms with Crippen molar-refractivity contribution < 1.29 is 0 Å². The van der Waals surface area contributed by atoms with E-state index in [0.717, 1.165) is 0 Å². The van der Waals surface area contributed by atoms with Gasteiger partial charge in [0.1, 0.15) is 0 Å². The van der Waals surface area contributed by atoms with Crippen molar-refractivity contribution in [3.63, 3.8) is 0 Å². The quantitative estimate of drug-likeness (QED) is 0.153. The molecule has 0 aromatic heterocycles. The van der Waals surface area contributed by atoms with Gasteiger partial charge in [0.15, 0.2) is 0 Å². The third-order valence-corrected chi connectivity index (χ3v) is 8.45. The molecule has 0 saturated carbocycles. The molecule has 42 heavy (non-hydrogen) atoms. The SMILES string of the molecule is c1ccc(C(=C(c2ccccc2)c2ccccc2-c2ccc3ccc4cccc5ccc2c3c45)c2ccccc2)cc1. The first kappa shape index (κ1) is 24.3. The van der Waals surface area contributed by atoms with Crippen LogP contribution in [-0.4, -0.2) is 0 Å². The van der Waals surface area contributed by atoms with Gasteiger partial charge >= 0.3 is 0 Å². The molecule has 196 valence electrons. The molecule has 0 saturated heterocycles. The normalized spacial score (nSPS) is 11.3. The van der Waals surface area contributed by atoms with Crippen molar-refractivity contribution in [3.8, 4) is 11.1 Å². The zero-order valence-electron chi connectivity index (χ0n) is 23.2. The molecule has 0 aliphatic rings. The van der Waals surface area contributed by atoms with Crippen LogP contribution >= 0.6 is 0 Å². The van der Waals surface area contributed by atoms with Gasteiger partial charge in [-0.05, 0) is 76.8 Å². The van der Waals surface area contributed by atoms with Gasteiger partial charge in [0, 0.05) is 0 Å². The summed E-state index contributed by atoms with van der Waals surface area (Å²) >= 11 is 0. The Bertz CT molecular complexity index is 2150. The van der Waals surface area contributed by atoms with E-state index in [4.69, 9.17) is 0 Å². The maximum Gasteiger partial charge on any atom is -0.00206 e. The van der Waals surface area contributed by atoms with Gasteiger partial charge in [-0.25, -0.2) is 0 Å². The second kappa shape index (κ2) is 10.2. The Kier molecular flexibility index (Phi) is 5.90. The van der Waals surface area contributed by atoms with E-state index in [1.54, 1.807) is 0 Å². The minimum absolute atomic E-state index is 1.20. The van der Waals surface area contributed by atoms with Gasteiger partial charge in [0.05, 0.1) is 0 Å². The highest BCUT2D eigenvalue weighted by molar-refractivity contribution is 6.25. The molecule has 0 amide bonds. The molecule has 0 fully saturated rings. The Morgan fingerprint density at radius 1 is 0.286 bits per heavy atom. The highest BCUT2D eigenvalue weighted by Gasteiger charge is 2.20. The summed E-state index contributed by atoms with van der Waals surface area (Å²) in [6, 6.07) is 61.7. The van der Waals surface area contributed by atoms with Crippen molar-refractivity contribution >= 4 is 43.5 Å². The van der Waals surface area contributed by atoms with Crippen LogP contribution in [0.3, 0.4) is 0 Å². The van der Waals surface area contributed by atoms with Crippen LogP contribution in [0.1, 0.15) is 22.3 Å². The van der Waals surface area contributed by atoms with Gasteiger partial charge in [0.2, 0.25) is 0 Å². The molecule has 0 unspecified atom stereocenters. The molecule has 0 bridgehead atoms. The van der Waals surface area contributed by atoms with E-state index < -0.39 is 0 Å². The molecule has 0 N–H and O–H groups in total. The van der Waals surface area contributed by atoms with Gasteiger partial charge in [-0.2, -0.15) is 0 Å². The number of hydrogen-bond donors (Lipinski definition) is 0. The number of rotatable bonds is 5. The molecule has 0 radical (unpaired) electrons. The summed E-state index contributed by atoms with van der Waals surface area (Å²) in [5.74, 6) is 0. The van der Waals surface area contributed by atoms with Crippen LogP contribution in [0, 0.1) is 0 Å². The van der Waals surface area contributed by atoms with Crippen molar-refractivity contribution in [2.24, 2.45) is 0 Å². The van der Waals surface area contributed by atoms with Gasteiger partial charge in [0.25, 0.3) is 0 Å². The average molecular weight is 533 g/mol. The van der Waals surface area contributed by atoms with Gasteiger partial charge < -0.3 is 0 Å². The Hall–Kier alpha value is -5.46. The first-order valence-corrected chi connectivity index (χ1v) is 14.5. The predicted molar refractivity (Wildman–Crippen MR) is 180 cm³/mol. The Morgan fingerprint density at radius 2 is 0.762 bits per heavy atom. The van der Waals surface area contributed by atoms with Gasteiger partial charge in [-0.3, -0.25) is 0 Å². The number of hydrogen-bond acceptors (Lipinski definition) is 0. The van der Waals surface area contributed by atoms with Crippen LogP contribution in [0.2, 0.25) is 0 Å². The molecule has 0 heterocycles.